The van der Waals surface area contributed by atoms with Crippen LogP contribution in [0.3, 0.4) is 0 Å². The van der Waals surface area contributed by atoms with Gasteiger partial charge in [-0.2, -0.15) is 0 Å². The summed E-state index contributed by atoms with van der Waals surface area (Å²) in [6, 6.07) is 0. The zero-order valence-electron chi connectivity index (χ0n) is 6.52. The van der Waals surface area contributed by atoms with Crippen LogP contribution in [0.25, 0.3) is 0 Å². The third kappa shape index (κ3) is 19.1. The number of hydrogen-bond acceptors (Lipinski definition) is 1. The molecule has 0 aliphatic heterocycles. The van der Waals surface area contributed by atoms with Crippen LogP contribution in [-0.4, -0.2) is 6.21 Å². The SMILES string of the molecule is C=CN=CC(=C)C.CC. The highest BCUT2D eigenvalue weighted by Gasteiger charge is 1.66. The van der Waals surface area contributed by atoms with E-state index in [1.165, 1.54) is 6.20 Å². The molecule has 0 bridgehead atoms. The molecule has 1 heteroatoms. The fraction of sp³-hybridized carbons (Fsp3) is 0.375. The first-order valence-electron chi connectivity index (χ1n) is 3.07. The number of aliphatic imine (C=N–C) groups is 1. The Labute approximate surface area is 57.8 Å². The van der Waals surface area contributed by atoms with Crippen LogP contribution in [0.1, 0.15) is 20.8 Å². The molecule has 0 fully saturated rings. The third-order valence-corrected chi connectivity index (χ3v) is 0.400. The Morgan fingerprint density at radius 1 is 1.44 bits per heavy atom. The number of rotatable bonds is 2. The Morgan fingerprint density at radius 2 is 1.89 bits per heavy atom. The molecule has 9 heavy (non-hydrogen) atoms. The van der Waals surface area contributed by atoms with E-state index < -0.39 is 0 Å². The van der Waals surface area contributed by atoms with E-state index in [9.17, 15) is 0 Å². The van der Waals surface area contributed by atoms with Gasteiger partial charge in [0.2, 0.25) is 0 Å². The molecule has 0 radical (unpaired) electrons. The van der Waals surface area contributed by atoms with Crippen molar-refractivity contribution in [1.82, 2.24) is 0 Å². The maximum absolute atomic E-state index is 3.71. The van der Waals surface area contributed by atoms with E-state index in [2.05, 4.69) is 18.2 Å². The molecule has 0 aliphatic rings. The molecule has 0 heterocycles. The first-order chi connectivity index (χ1) is 4.27. The second-order valence-corrected chi connectivity index (χ2v) is 1.31. The average molecular weight is 125 g/mol. The number of allylic oxidation sites excluding steroid dienone is 1. The Morgan fingerprint density at radius 3 is 2.00 bits per heavy atom. The largest absolute Gasteiger partial charge is 0.265 e. The summed E-state index contributed by atoms with van der Waals surface area (Å²) in [6.45, 7) is 12.9. The van der Waals surface area contributed by atoms with E-state index in [-0.39, 0.29) is 0 Å². The molecule has 52 valence electrons. The number of hydrogen-bond donors (Lipinski definition) is 0. The molecule has 0 N–H and O–H groups in total. The van der Waals surface area contributed by atoms with Gasteiger partial charge in [0.1, 0.15) is 0 Å². The van der Waals surface area contributed by atoms with Gasteiger partial charge in [0.25, 0.3) is 0 Å². The minimum Gasteiger partial charge on any atom is -0.265 e. The molecule has 0 amide bonds. The molecular formula is C8H15N. The highest BCUT2D eigenvalue weighted by molar-refractivity contribution is 5.76. The first kappa shape index (κ1) is 11.0. The zero-order valence-corrected chi connectivity index (χ0v) is 6.52. The molecule has 0 aromatic heterocycles. The summed E-state index contributed by atoms with van der Waals surface area (Å²) in [5.41, 5.74) is 0.944. The lowest BCUT2D eigenvalue weighted by Crippen LogP contribution is -1.68. The molecule has 0 aliphatic carbocycles. The average Bonchev–Trinajstić information content (AvgIpc) is 1.88. The smallest absolute Gasteiger partial charge is 0.0290 e. The van der Waals surface area contributed by atoms with Gasteiger partial charge in [-0.25, -0.2) is 0 Å². The summed E-state index contributed by atoms with van der Waals surface area (Å²) in [5, 5.41) is 0. The fourth-order valence-electron chi connectivity index (χ4n) is 0.180. The predicted molar refractivity (Wildman–Crippen MR) is 44.9 cm³/mol. The normalized spacial score (nSPS) is 7.89. The van der Waals surface area contributed by atoms with Gasteiger partial charge in [-0.1, -0.05) is 27.0 Å². The van der Waals surface area contributed by atoms with Crippen molar-refractivity contribution in [3.63, 3.8) is 0 Å². The van der Waals surface area contributed by atoms with Gasteiger partial charge in [0.15, 0.2) is 0 Å². The lowest BCUT2D eigenvalue weighted by Gasteiger charge is -1.76. The highest BCUT2D eigenvalue weighted by atomic mass is 14.6. The van der Waals surface area contributed by atoms with Gasteiger partial charge in [-0.3, -0.25) is 4.99 Å². The summed E-state index contributed by atoms with van der Waals surface area (Å²) < 4.78 is 0. The predicted octanol–water partition coefficient (Wildman–Crippen LogP) is 2.80. The van der Waals surface area contributed by atoms with Crippen LogP contribution in [0.2, 0.25) is 0 Å². The minimum atomic E-state index is 0.944. The molecule has 0 aromatic carbocycles. The van der Waals surface area contributed by atoms with E-state index >= 15 is 0 Å². The lowest BCUT2D eigenvalue weighted by atomic mass is 10.4. The Balaban J connectivity index is 0. The lowest BCUT2D eigenvalue weighted by molar-refractivity contribution is 1.50. The molecular weight excluding hydrogens is 110 g/mol. The molecule has 1 nitrogen and oxygen atoms in total. The van der Waals surface area contributed by atoms with Crippen molar-refractivity contribution >= 4 is 6.21 Å². The Kier molecular flexibility index (Phi) is 12.5. The van der Waals surface area contributed by atoms with Crippen LogP contribution in [0.5, 0.6) is 0 Å². The van der Waals surface area contributed by atoms with Crippen molar-refractivity contribution in [3.05, 3.63) is 24.9 Å². The molecule has 0 atom stereocenters. The van der Waals surface area contributed by atoms with Crippen LogP contribution in [0.15, 0.2) is 29.9 Å². The van der Waals surface area contributed by atoms with E-state index in [0.29, 0.717) is 0 Å². The van der Waals surface area contributed by atoms with Crippen molar-refractivity contribution in [2.45, 2.75) is 20.8 Å². The van der Waals surface area contributed by atoms with E-state index in [1.807, 2.05) is 20.8 Å². The second-order valence-electron chi connectivity index (χ2n) is 1.31. The quantitative estimate of drug-likeness (QED) is 0.503. The van der Waals surface area contributed by atoms with Gasteiger partial charge in [-0.05, 0) is 12.5 Å². The van der Waals surface area contributed by atoms with Crippen LogP contribution in [-0.2, 0) is 0 Å². The van der Waals surface area contributed by atoms with Crippen molar-refractivity contribution < 1.29 is 0 Å². The highest BCUT2D eigenvalue weighted by Crippen LogP contribution is 1.77. The Hall–Kier alpha value is -0.850. The third-order valence-electron chi connectivity index (χ3n) is 0.400. The second kappa shape index (κ2) is 10.2. The van der Waals surface area contributed by atoms with E-state index in [4.69, 9.17) is 0 Å². The number of nitrogens with zero attached hydrogens (tertiary/aromatic N) is 1. The van der Waals surface area contributed by atoms with Crippen molar-refractivity contribution in [2.75, 3.05) is 0 Å². The van der Waals surface area contributed by atoms with Crippen LogP contribution < -0.4 is 0 Å². The van der Waals surface area contributed by atoms with Crippen LogP contribution in [0.4, 0.5) is 0 Å². The zero-order chi connectivity index (χ0) is 7.70. The topological polar surface area (TPSA) is 12.4 Å². The molecule has 0 saturated heterocycles. The summed E-state index contributed by atoms with van der Waals surface area (Å²) in [6.07, 6.45) is 3.14. The maximum Gasteiger partial charge on any atom is 0.0290 e. The molecule has 0 unspecified atom stereocenters. The summed E-state index contributed by atoms with van der Waals surface area (Å²) >= 11 is 0. The van der Waals surface area contributed by atoms with Gasteiger partial charge < -0.3 is 0 Å². The summed E-state index contributed by atoms with van der Waals surface area (Å²) in [4.78, 5) is 3.71. The van der Waals surface area contributed by atoms with Gasteiger partial charge in [0, 0.05) is 12.4 Å². The standard InChI is InChI=1S/C6H9N.C2H6/c1-4-7-5-6(2)3;1-2/h4-5H,1-2H2,3H3;1-2H3. The van der Waals surface area contributed by atoms with E-state index in [1.54, 1.807) is 6.21 Å². The van der Waals surface area contributed by atoms with Gasteiger partial charge >= 0.3 is 0 Å². The van der Waals surface area contributed by atoms with Gasteiger partial charge in [-0.15, -0.1) is 0 Å². The van der Waals surface area contributed by atoms with Crippen LogP contribution >= 0.6 is 0 Å². The van der Waals surface area contributed by atoms with E-state index in [0.717, 1.165) is 5.57 Å². The van der Waals surface area contributed by atoms with Crippen molar-refractivity contribution in [1.29, 1.82) is 0 Å². The first-order valence-corrected chi connectivity index (χ1v) is 3.07. The fourth-order valence-corrected chi connectivity index (χ4v) is 0.180. The monoisotopic (exact) mass is 125 g/mol. The van der Waals surface area contributed by atoms with Gasteiger partial charge in [0.05, 0.1) is 0 Å². The van der Waals surface area contributed by atoms with Crippen LogP contribution in [0, 0.1) is 0 Å². The molecule has 0 rings (SSSR count). The summed E-state index contributed by atoms with van der Waals surface area (Å²) in [5.74, 6) is 0. The minimum absolute atomic E-state index is 0.944. The molecule has 0 aromatic rings. The molecule has 0 spiro atoms. The molecule has 0 saturated carbocycles. The van der Waals surface area contributed by atoms with Crippen molar-refractivity contribution in [3.8, 4) is 0 Å². The van der Waals surface area contributed by atoms with Crippen molar-refractivity contribution in [2.24, 2.45) is 4.99 Å². The Bertz CT molecular complexity index is 101. The maximum atomic E-state index is 3.71. The summed E-state index contributed by atoms with van der Waals surface area (Å²) in [7, 11) is 0.